The van der Waals surface area contributed by atoms with Crippen LogP contribution in [0.25, 0.3) is 0 Å². The van der Waals surface area contributed by atoms with Crippen LogP contribution in [0.1, 0.15) is 42.3 Å². The summed E-state index contributed by atoms with van der Waals surface area (Å²) in [6.45, 7) is 6.96. The molecule has 0 aromatic heterocycles. The van der Waals surface area contributed by atoms with Gasteiger partial charge < -0.3 is 4.74 Å². The van der Waals surface area contributed by atoms with Gasteiger partial charge in [0, 0.05) is 6.42 Å². The van der Waals surface area contributed by atoms with Crippen molar-refractivity contribution in [2.75, 3.05) is 6.61 Å². The molecule has 2 aromatic carbocycles. The lowest BCUT2D eigenvalue weighted by molar-refractivity contribution is 0.111. The number of carbonyl (C=O) groups is 1. The molecule has 0 N–H and O–H groups in total. The minimum atomic E-state index is 0.0281. The average molecular weight is 282 g/mol. The molecule has 0 saturated carbocycles. The monoisotopic (exact) mass is 282 g/mol. The summed E-state index contributed by atoms with van der Waals surface area (Å²) in [5.41, 5.74) is 3.02. The van der Waals surface area contributed by atoms with E-state index in [1.165, 1.54) is 5.56 Å². The lowest BCUT2D eigenvalue weighted by atomic mass is 9.86. The summed E-state index contributed by atoms with van der Waals surface area (Å²) < 4.78 is 5.77. The van der Waals surface area contributed by atoms with Gasteiger partial charge in [-0.2, -0.15) is 0 Å². The van der Waals surface area contributed by atoms with E-state index < -0.39 is 0 Å². The van der Waals surface area contributed by atoms with E-state index in [2.05, 4.69) is 32.9 Å². The number of aldehydes is 1. The Morgan fingerprint density at radius 1 is 1.05 bits per heavy atom. The number of ether oxygens (including phenoxy) is 1. The summed E-state index contributed by atoms with van der Waals surface area (Å²) in [5.74, 6) is 0.661. The van der Waals surface area contributed by atoms with Crippen molar-refractivity contribution in [3.8, 4) is 5.75 Å². The maximum absolute atomic E-state index is 11.3. The zero-order chi connectivity index (χ0) is 15.3. The first kappa shape index (κ1) is 15.3. The Kier molecular flexibility index (Phi) is 4.79. The molecule has 110 valence electrons. The molecule has 0 atom stereocenters. The molecule has 2 rings (SSSR count). The third kappa shape index (κ3) is 4.19. The van der Waals surface area contributed by atoms with Gasteiger partial charge in [0.2, 0.25) is 0 Å². The van der Waals surface area contributed by atoms with Gasteiger partial charge in [-0.1, -0.05) is 57.2 Å². The highest BCUT2D eigenvalue weighted by Crippen LogP contribution is 2.27. The standard InChI is InChI=1S/C19H22O2/c1-19(2,3)17-9-10-18(16(13-17)14-20)21-12-11-15-7-5-4-6-8-15/h4-10,13-14H,11-12H2,1-3H3. The first-order chi connectivity index (χ1) is 10.0. The number of rotatable bonds is 5. The molecule has 0 saturated heterocycles. The van der Waals surface area contributed by atoms with Gasteiger partial charge in [-0.25, -0.2) is 0 Å². The van der Waals surface area contributed by atoms with E-state index >= 15 is 0 Å². The first-order valence-electron chi connectivity index (χ1n) is 7.27. The van der Waals surface area contributed by atoms with Crippen molar-refractivity contribution in [2.45, 2.75) is 32.6 Å². The van der Waals surface area contributed by atoms with Crippen LogP contribution in [0.5, 0.6) is 5.75 Å². The highest BCUT2D eigenvalue weighted by molar-refractivity contribution is 5.79. The lowest BCUT2D eigenvalue weighted by Crippen LogP contribution is -2.12. The molecule has 0 radical (unpaired) electrons. The lowest BCUT2D eigenvalue weighted by Gasteiger charge is -2.20. The van der Waals surface area contributed by atoms with Crippen LogP contribution in [-0.4, -0.2) is 12.9 Å². The van der Waals surface area contributed by atoms with E-state index in [1.54, 1.807) is 0 Å². The Morgan fingerprint density at radius 2 is 1.76 bits per heavy atom. The van der Waals surface area contributed by atoms with Crippen LogP contribution >= 0.6 is 0 Å². The molecule has 0 aliphatic rings. The van der Waals surface area contributed by atoms with Gasteiger partial charge in [0.05, 0.1) is 12.2 Å². The fourth-order valence-corrected chi connectivity index (χ4v) is 2.16. The Bertz CT molecular complexity index is 595. The molecule has 0 fully saturated rings. The molecule has 0 aliphatic carbocycles. The summed E-state index contributed by atoms with van der Waals surface area (Å²) in [7, 11) is 0. The molecule has 2 nitrogen and oxygen atoms in total. The molecule has 0 amide bonds. The van der Waals surface area contributed by atoms with E-state index in [0.717, 1.165) is 18.3 Å². The van der Waals surface area contributed by atoms with Crippen molar-refractivity contribution in [2.24, 2.45) is 0 Å². The normalized spacial score (nSPS) is 11.2. The second kappa shape index (κ2) is 6.57. The van der Waals surface area contributed by atoms with Gasteiger partial charge in [0.15, 0.2) is 6.29 Å². The van der Waals surface area contributed by atoms with Gasteiger partial charge in [-0.05, 0) is 28.7 Å². The number of hydrogen-bond donors (Lipinski definition) is 0. The van der Waals surface area contributed by atoms with Crippen LogP contribution in [0.15, 0.2) is 48.5 Å². The predicted molar refractivity (Wildman–Crippen MR) is 86.2 cm³/mol. The molecule has 2 heteroatoms. The Hall–Kier alpha value is -2.09. The van der Waals surface area contributed by atoms with Crippen LogP contribution in [0.2, 0.25) is 0 Å². The third-order valence-electron chi connectivity index (χ3n) is 3.49. The molecule has 0 unspecified atom stereocenters. The summed E-state index contributed by atoms with van der Waals surface area (Å²) in [5, 5.41) is 0. The number of benzene rings is 2. The quantitative estimate of drug-likeness (QED) is 0.759. The van der Waals surface area contributed by atoms with Crippen molar-refractivity contribution in [1.29, 1.82) is 0 Å². The first-order valence-corrected chi connectivity index (χ1v) is 7.27. The van der Waals surface area contributed by atoms with Gasteiger partial charge in [0.25, 0.3) is 0 Å². The molecular formula is C19H22O2. The van der Waals surface area contributed by atoms with E-state index in [-0.39, 0.29) is 5.41 Å². The van der Waals surface area contributed by atoms with E-state index in [4.69, 9.17) is 4.74 Å². The van der Waals surface area contributed by atoms with Gasteiger partial charge >= 0.3 is 0 Å². The maximum Gasteiger partial charge on any atom is 0.153 e. The third-order valence-corrected chi connectivity index (χ3v) is 3.49. The zero-order valence-electron chi connectivity index (χ0n) is 12.9. The minimum Gasteiger partial charge on any atom is -0.492 e. The molecular weight excluding hydrogens is 260 g/mol. The number of hydrogen-bond acceptors (Lipinski definition) is 2. The molecule has 0 aliphatic heterocycles. The van der Waals surface area contributed by atoms with Crippen LogP contribution in [-0.2, 0) is 11.8 Å². The van der Waals surface area contributed by atoms with Gasteiger partial charge in [-0.3, -0.25) is 4.79 Å². The highest BCUT2D eigenvalue weighted by atomic mass is 16.5. The maximum atomic E-state index is 11.3. The van der Waals surface area contributed by atoms with E-state index in [0.29, 0.717) is 17.9 Å². The SMILES string of the molecule is CC(C)(C)c1ccc(OCCc2ccccc2)c(C=O)c1. The van der Waals surface area contributed by atoms with Crippen molar-refractivity contribution in [3.05, 3.63) is 65.2 Å². The average Bonchev–Trinajstić information content (AvgIpc) is 2.47. The van der Waals surface area contributed by atoms with Gasteiger partial charge in [0.1, 0.15) is 5.75 Å². The van der Waals surface area contributed by atoms with Crippen molar-refractivity contribution in [1.82, 2.24) is 0 Å². The second-order valence-corrected chi connectivity index (χ2v) is 6.20. The Balaban J connectivity index is 2.05. The van der Waals surface area contributed by atoms with Crippen LogP contribution in [0, 0.1) is 0 Å². The van der Waals surface area contributed by atoms with E-state index in [9.17, 15) is 4.79 Å². The molecule has 21 heavy (non-hydrogen) atoms. The fourth-order valence-electron chi connectivity index (χ4n) is 2.16. The van der Waals surface area contributed by atoms with Crippen molar-refractivity contribution >= 4 is 6.29 Å². The molecule has 0 spiro atoms. The molecule has 2 aromatic rings. The zero-order valence-corrected chi connectivity index (χ0v) is 12.9. The fraction of sp³-hybridized carbons (Fsp3) is 0.316. The summed E-state index contributed by atoms with van der Waals surface area (Å²) in [4.78, 5) is 11.3. The summed E-state index contributed by atoms with van der Waals surface area (Å²) in [6, 6.07) is 16.0. The van der Waals surface area contributed by atoms with E-state index in [1.807, 2.05) is 36.4 Å². The Morgan fingerprint density at radius 3 is 2.38 bits per heavy atom. The minimum absolute atomic E-state index is 0.0281. The van der Waals surface area contributed by atoms with Crippen LogP contribution < -0.4 is 4.74 Å². The van der Waals surface area contributed by atoms with Gasteiger partial charge in [-0.15, -0.1) is 0 Å². The second-order valence-electron chi connectivity index (χ2n) is 6.20. The highest BCUT2D eigenvalue weighted by Gasteiger charge is 2.15. The molecule has 0 heterocycles. The number of carbonyl (C=O) groups excluding carboxylic acids is 1. The summed E-state index contributed by atoms with van der Waals surface area (Å²) >= 11 is 0. The summed E-state index contributed by atoms with van der Waals surface area (Å²) in [6.07, 6.45) is 1.70. The van der Waals surface area contributed by atoms with Crippen LogP contribution in [0.3, 0.4) is 0 Å². The smallest absolute Gasteiger partial charge is 0.153 e. The molecule has 0 bridgehead atoms. The van der Waals surface area contributed by atoms with Crippen molar-refractivity contribution < 1.29 is 9.53 Å². The van der Waals surface area contributed by atoms with Crippen LogP contribution in [0.4, 0.5) is 0 Å². The van der Waals surface area contributed by atoms with Crippen molar-refractivity contribution in [3.63, 3.8) is 0 Å². The predicted octanol–water partition coefficient (Wildman–Crippen LogP) is 4.42. The Labute approximate surface area is 126 Å². The largest absolute Gasteiger partial charge is 0.492 e. The topological polar surface area (TPSA) is 26.3 Å².